The molecular formula is C27H24N4O7. The molecule has 0 aliphatic carbocycles. The molecule has 0 bridgehead atoms. The summed E-state index contributed by atoms with van der Waals surface area (Å²) in [4.78, 5) is 64.9. The smallest absolute Gasteiger partial charge is 0.322 e. The summed E-state index contributed by atoms with van der Waals surface area (Å²) in [6.07, 6.45) is 0.467. The summed E-state index contributed by atoms with van der Waals surface area (Å²) >= 11 is 0. The second kappa shape index (κ2) is 8.17. The average Bonchev–Trinajstić information content (AvgIpc) is 3.62. The maximum absolute atomic E-state index is 13.2. The number of rotatable bonds is 6. The van der Waals surface area contributed by atoms with Crippen molar-refractivity contribution in [1.29, 1.82) is 0 Å². The number of imide groups is 2. The van der Waals surface area contributed by atoms with Gasteiger partial charge < -0.3 is 19.4 Å². The number of hydrogen-bond donors (Lipinski definition) is 3. The van der Waals surface area contributed by atoms with Crippen molar-refractivity contribution >= 4 is 40.6 Å². The minimum Gasteiger partial charge on any atom is -0.497 e. The summed E-state index contributed by atoms with van der Waals surface area (Å²) in [5.41, 5.74) is -0.341. The van der Waals surface area contributed by atoms with Crippen molar-refractivity contribution in [3.05, 3.63) is 64.9 Å². The number of carbonyl (C=O) groups excluding carboxylic acids is 5. The highest BCUT2D eigenvalue weighted by Gasteiger charge is 2.53. The van der Waals surface area contributed by atoms with E-state index in [0.29, 0.717) is 34.3 Å². The number of furan rings is 1. The number of methoxy groups -OCH3 is 1. The number of amides is 6. The Kier molecular flexibility index (Phi) is 5.10. The summed E-state index contributed by atoms with van der Waals surface area (Å²) in [6.45, 7) is 1.93. The van der Waals surface area contributed by atoms with Crippen LogP contribution in [-0.4, -0.2) is 48.2 Å². The molecule has 1 aromatic heterocycles. The first-order valence-corrected chi connectivity index (χ1v) is 12.2. The lowest BCUT2D eigenvalue weighted by molar-refractivity contribution is -0.127. The second-order valence-corrected chi connectivity index (χ2v) is 9.85. The van der Waals surface area contributed by atoms with E-state index in [2.05, 4.69) is 16.0 Å². The average molecular weight is 517 g/mol. The molecule has 11 heteroatoms. The predicted octanol–water partition coefficient (Wildman–Crippen LogP) is 1.83. The van der Waals surface area contributed by atoms with E-state index in [1.807, 2.05) is 6.92 Å². The standard InChI is InChI=1S/C27H24N4O7/c1-3-26(11-21(32)28-23(26)34)16-5-7-19-15(8-16)9-20(38-19)27(24(35)29-25(36)30-27)13-31-12-14-4-6-17(37-2)10-18(14)22(31)33/h4-10H,3,11-13H2,1-2H3,(H,28,32,34)(H2,29,30,35,36)/t26?,27-/m0/s1. The van der Waals surface area contributed by atoms with Gasteiger partial charge in [0.2, 0.25) is 11.8 Å². The third kappa shape index (κ3) is 3.31. The highest BCUT2D eigenvalue weighted by Crippen LogP contribution is 2.39. The maximum Gasteiger partial charge on any atom is 0.322 e. The van der Waals surface area contributed by atoms with Crippen molar-refractivity contribution in [2.45, 2.75) is 37.3 Å². The van der Waals surface area contributed by atoms with Crippen LogP contribution < -0.4 is 20.7 Å². The Morgan fingerprint density at radius 3 is 2.47 bits per heavy atom. The van der Waals surface area contributed by atoms with E-state index in [9.17, 15) is 24.0 Å². The monoisotopic (exact) mass is 516 g/mol. The van der Waals surface area contributed by atoms with Crippen LogP contribution >= 0.6 is 0 Å². The lowest BCUT2D eigenvalue weighted by Crippen LogP contribution is -2.52. The normalized spacial score (nSPS) is 24.6. The highest BCUT2D eigenvalue weighted by molar-refractivity contribution is 6.10. The third-order valence-electron chi connectivity index (χ3n) is 7.81. The first-order valence-electron chi connectivity index (χ1n) is 12.2. The number of fused-ring (bicyclic) bond motifs is 2. The number of nitrogens with zero attached hydrogens (tertiary/aromatic N) is 1. The van der Waals surface area contributed by atoms with Crippen molar-refractivity contribution in [2.75, 3.05) is 13.7 Å². The van der Waals surface area contributed by atoms with E-state index < -0.39 is 22.9 Å². The fourth-order valence-corrected chi connectivity index (χ4v) is 5.65. The minimum atomic E-state index is -1.67. The van der Waals surface area contributed by atoms with Crippen LogP contribution in [0.4, 0.5) is 4.79 Å². The fraction of sp³-hybridized carbons (Fsp3) is 0.296. The van der Waals surface area contributed by atoms with E-state index in [-0.39, 0.29) is 43.0 Å². The Balaban J connectivity index is 1.39. The molecule has 38 heavy (non-hydrogen) atoms. The zero-order valence-corrected chi connectivity index (χ0v) is 20.7. The van der Waals surface area contributed by atoms with Crippen LogP contribution in [0.1, 0.15) is 47.0 Å². The molecule has 0 radical (unpaired) electrons. The van der Waals surface area contributed by atoms with Crippen LogP contribution in [0.15, 0.2) is 46.9 Å². The number of nitrogens with one attached hydrogen (secondary N) is 3. The summed E-state index contributed by atoms with van der Waals surface area (Å²) in [6, 6.07) is 11.3. The Labute approximate surface area is 216 Å². The van der Waals surface area contributed by atoms with Gasteiger partial charge in [0.05, 0.1) is 19.1 Å². The van der Waals surface area contributed by atoms with Gasteiger partial charge in [0.15, 0.2) is 5.54 Å². The summed E-state index contributed by atoms with van der Waals surface area (Å²) < 4.78 is 11.3. The van der Waals surface area contributed by atoms with Crippen LogP contribution in [0, 0.1) is 0 Å². The molecule has 194 valence electrons. The lowest BCUT2D eigenvalue weighted by Gasteiger charge is -2.29. The second-order valence-electron chi connectivity index (χ2n) is 9.85. The number of hydrogen-bond acceptors (Lipinski definition) is 7. The quantitative estimate of drug-likeness (QED) is 0.335. The van der Waals surface area contributed by atoms with Crippen molar-refractivity contribution in [1.82, 2.24) is 20.9 Å². The molecule has 11 nitrogen and oxygen atoms in total. The molecule has 6 amide bonds. The zero-order valence-electron chi connectivity index (χ0n) is 20.7. The molecule has 6 rings (SSSR count). The van der Waals surface area contributed by atoms with Gasteiger partial charge in [-0.3, -0.25) is 29.8 Å². The molecule has 3 aliphatic rings. The van der Waals surface area contributed by atoms with Gasteiger partial charge in [-0.25, -0.2) is 4.79 Å². The van der Waals surface area contributed by atoms with Crippen LogP contribution in [0.5, 0.6) is 5.75 Å². The Hall–Kier alpha value is -4.67. The Morgan fingerprint density at radius 1 is 1.00 bits per heavy atom. The van der Waals surface area contributed by atoms with E-state index in [1.165, 1.54) is 12.0 Å². The lowest BCUT2D eigenvalue weighted by atomic mass is 9.76. The SMILES string of the molecule is CCC1(c2ccc3oc([C@]4(CN5Cc6ccc(OC)cc6C5=O)NC(=O)NC4=O)cc3c2)CC(=O)NC1=O. The molecule has 0 spiro atoms. The number of carbonyl (C=O) groups is 5. The molecule has 3 N–H and O–H groups in total. The van der Waals surface area contributed by atoms with Crippen molar-refractivity contribution in [3.8, 4) is 5.75 Å². The molecule has 0 saturated carbocycles. The third-order valence-corrected chi connectivity index (χ3v) is 7.81. The van der Waals surface area contributed by atoms with Crippen molar-refractivity contribution in [2.24, 2.45) is 0 Å². The maximum atomic E-state index is 13.2. The molecule has 2 aromatic carbocycles. The van der Waals surface area contributed by atoms with Gasteiger partial charge in [0.25, 0.3) is 11.8 Å². The minimum absolute atomic E-state index is 0.0450. The predicted molar refractivity (Wildman–Crippen MR) is 132 cm³/mol. The van der Waals surface area contributed by atoms with Gasteiger partial charge in [-0.1, -0.05) is 19.1 Å². The Morgan fingerprint density at radius 2 is 1.82 bits per heavy atom. The van der Waals surface area contributed by atoms with Crippen LogP contribution in [0.3, 0.4) is 0 Å². The molecule has 2 saturated heterocycles. The highest BCUT2D eigenvalue weighted by atomic mass is 16.5. The van der Waals surface area contributed by atoms with Crippen molar-refractivity contribution in [3.63, 3.8) is 0 Å². The van der Waals surface area contributed by atoms with E-state index >= 15 is 0 Å². The number of benzene rings is 2. The Bertz CT molecular complexity index is 1580. The van der Waals surface area contributed by atoms with Gasteiger partial charge in [0.1, 0.15) is 17.1 Å². The largest absolute Gasteiger partial charge is 0.497 e. The van der Waals surface area contributed by atoms with Gasteiger partial charge in [-0.15, -0.1) is 0 Å². The zero-order chi connectivity index (χ0) is 26.8. The van der Waals surface area contributed by atoms with Crippen molar-refractivity contribution < 1.29 is 33.1 Å². The molecule has 4 heterocycles. The van der Waals surface area contributed by atoms with E-state index in [0.717, 1.165) is 5.56 Å². The summed E-state index contributed by atoms with van der Waals surface area (Å²) in [5, 5.41) is 7.91. The van der Waals surface area contributed by atoms with Gasteiger partial charge in [-0.05, 0) is 47.9 Å². The molecule has 3 aliphatic heterocycles. The topological polar surface area (TPSA) is 147 Å². The summed E-state index contributed by atoms with van der Waals surface area (Å²) in [5.74, 6) is -0.942. The van der Waals surface area contributed by atoms with Gasteiger partial charge in [-0.2, -0.15) is 0 Å². The molecule has 1 unspecified atom stereocenters. The van der Waals surface area contributed by atoms with Crippen LogP contribution in [-0.2, 0) is 31.9 Å². The van der Waals surface area contributed by atoms with E-state index in [1.54, 1.807) is 42.5 Å². The van der Waals surface area contributed by atoms with E-state index in [4.69, 9.17) is 9.15 Å². The first kappa shape index (κ1) is 23.7. The first-order chi connectivity index (χ1) is 18.2. The van der Waals surface area contributed by atoms with Gasteiger partial charge >= 0.3 is 6.03 Å². The number of ether oxygens (including phenoxy) is 1. The fourth-order valence-electron chi connectivity index (χ4n) is 5.65. The number of urea groups is 1. The summed E-state index contributed by atoms with van der Waals surface area (Å²) in [7, 11) is 1.51. The molecular weight excluding hydrogens is 492 g/mol. The van der Waals surface area contributed by atoms with Gasteiger partial charge in [0, 0.05) is 23.9 Å². The molecule has 2 fully saturated rings. The molecule has 2 atom stereocenters. The van der Waals surface area contributed by atoms with Crippen LogP contribution in [0.2, 0.25) is 0 Å². The molecule has 3 aromatic rings. The van der Waals surface area contributed by atoms with Crippen LogP contribution in [0.25, 0.3) is 11.0 Å².